The fourth-order valence-corrected chi connectivity index (χ4v) is 3.62. The molecule has 3 aromatic rings. The molecular weight excluding hydrogens is 310 g/mol. The highest BCUT2D eigenvalue weighted by Gasteiger charge is 2.13. The van der Waals surface area contributed by atoms with Crippen LogP contribution in [0, 0.1) is 6.92 Å². The zero-order valence-electron chi connectivity index (χ0n) is 12.7. The molecule has 23 heavy (non-hydrogen) atoms. The summed E-state index contributed by atoms with van der Waals surface area (Å²) in [5.41, 5.74) is 3.07. The summed E-state index contributed by atoms with van der Waals surface area (Å²) in [5, 5.41) is 4.14. The number of hydrogen-bond acceptors (Lipinski definition) is 3. The van der Waals surface area contributed by atoms with Gasteiger partial charge >= 0.3 is 0 Å². The lowest BCUT2D eigenvalue weighted by molar-refractivity contribution is 0.600. The summed E-state index contributed by atoms with van der Waals surface area (Å²) in [6.45, 7) is 1.91. The second-order valence-corrected chi connectivity index (χ2v) is 7.01. The highest BCUT2D eigenvalue weighted by atomic mass is 32.2. The van der Waals surface area contributed by atoms with E-state index in [0.717, 1.165) is 16.8 Å². The van der Waals surface area contributed by atoms with Crippen LogP contribution < -0.4 is 4.72 Å². The van der Waals surface area contributed by atoms with Gasteiger partial charge in [-0.15, -0.1) is 0 Å². The van der Waals surface area contributed by atoms with Gasteiger partial charge in [0.1, 0.15) is 0 Å². The Bertz CT molecular complexity index is 903. The summed E-state index contributed by atoms with van der Waals surface area (Å²) in [6, 6.07) is 16.4. The van der Waals surface area contributed by atoms with Crippen molar-refractivity contribution in [2.45, 2.75) is 12.7 Å². The van der Waals surface area contributed by atoms with E-state index in [2.05, 4.69) is 9.82 Å². The molecule has 0 aliphatic rings. The van der Waals surface area contributed by atoms with Gasteiger partial charge in [0.05, 0.1) is 17.1 Å². The molecule has 0 aliphatic carbocycles. The first-order valence-corrected chi connectivity index (χ1v) is 8.84. The molecule has 0 aliphatic heterocycles. The normalized spacial score (nSPS) is 11.3. The molecule has 2 aromatic carbocycles. The summed E-state index contributed by atoms with van der Waals surface area (Å²) in [4.78, 5) is 0. The third kappa shape index (κ3) is 3.78. The minimum atomic E-state index is -3.48. The van der Waals surface area contributed by atoms with Gasteiger partial charge in [-0.3, -0.25) is 4.72 Å². The molecule has 1 aromatic heterocycles. The fourth-order valence-electron chi connectivity index (χ4n) is 2.33. The molecule has 0 spiro atoms. The Morgan fingerprint density at radius 1 is 1.09 bits per heavy atom. The van der Waals surface area contributed by atoms with E-state index in [1.807, 2.05) is 43.3 Å². The van der Waals surface area contributed by atoms with Crippen LogP contribution in [0.3, 0.4) is 0 Å². The maximum absolute atomic E-state index is 12.4. The molecule has 6 heteroatoms. The van der Waals surface area contributed by atoms with Crippen molar-refractivity contribution in [1.82, 2.24) is 9.78 Å². The third-order valence-corrected chi connectivity index (χ3v) is 4.73. The van der Waals surface area contributed by atoms with Gasteiger partial charge in [-0.1, -0.05) is 30.3 Å². The number of benzene rings is 2. The standard InChI is InChI=1S/C17H17N3O2S/c1-14-6-2-3-7-15(14)13-23(21,22)19-16-8-4-9-17(12-16)20-11-5-10-18-20/h2-12,19H,13H2,1H3. The van der Waals surface area contributed by atoms with E-state index >= 15 is 0 Å². The smallest absolute Gasteiger partial charge is 0.236 e. The lowest BCUT2D eigenvalue weighted by Gasteiger charge is -2.11. The summed E-state index contributed by atoms with van der Waals surface area (Å²) in [7, 11) is -3.48. The van der Waals surface area contributed by atoms with Gasteiger partial charge in [0.2, 0.25) is 10.0 Å². The van der Waals surface area contributed by atoms with Crippen molar-refractivity contribution in [2.24, 2.45) is 0 Å². The Morgan fingerprint density at radius 3 is 2.65 bits per heavy atom. The van der Waals surface area contributed by atoms with Crippen LogP contribution in [0.25, 0.3) is 5.69 Å². The van der Waals surface area contributed by atoms with E-state index in [0.29, 0.717) is 5.69 Å². The average Bonchev–Trinajstić information content (AvgIpc) is 3.03. The number of nitrogens with one attached hydrogen (secondary N) is 1. The van der Waals surface area contributed by atoms with Crippen molar-refractivity contribution in [1.29, 1.82) is 0 Å². The van der Waals surface area contributed by atoms with Gasteiger partial charge in [-0.05, 0) is 42.3 Å². The highest BCUT2D eigenvalue weighted by molar-refractivity contribution is 7.91. The summed E-state index contributed by atoms with van der Waals surface area (Å²) in [6.07, 6.45) is 3.48. The number of anilines is 1. The summed E-state index contributed by atoms with van der Waals surface area (Å²) >= 11 is 0. The Morgan fingerprint density at radius 2 is 1.91 bits per heavy atom. The second kappa shape index (κ2) is 6.26. The van der Waals surface area contributed by atoms with Gasteiger partial charge in [0.25, 0.3) is 0 Å². The lowest BCUT2D eigenvalue weighted by Crippen LogP contribution is -2.15. The van der Waals surface area contributed by atoms with Gasteiger partial charge < -0.3 is 0 Å². The predicted octanol–water partition coefficient (Wildman–Crippen LogP) is 3.12. The van der Waals surface area contributed by atoms with E-state index in [-0.39, 0.29) is 5.75 Å². The SMILES string of the molecule is Cc1ccccc1CS(=O)(=O)Nc1cccc(-n2cccn2)c1. The molecule has 0 amide bonds. The zero-order valence-corrected chi connectivity index (χ0v) is 13.5. The van der Waals surface area contributed by atoms with Gasteiger partial charge in [-0.2, -0.15) is 5.10 Å². The molecule has 0 fully saturated rings. The van der Waals surface area contributed by atoms with E-state index in [9.17, 15) is 8.42 Å². The first-order valence-electron chi connectivity index (χ1n) is 7.19. The van der Waals surface area contributed by atoms with Crippen LogP contribution in [0.4, 0.5) is 5.69 Å². The lowest BCUT2D eigenvalue weighted by atomic mass is 10.1. The highest BCUT2D eigenvalue weighted by Crippen LogP contribution is 2.18. The van der Waals surface area contributed by atoms with Crippen molar-refractivity contribution in [3.8, 4) is 5.69 Å². The van der Waals surface area contributed by atoms with Crippen molar-refractivity contribution in [3.05, 3.63) is 78.1 Å². The topological polar surface area (TPSA) is 64.0 Å². The van der Waals surface area contributed by atoms with Crippen LogP contribution in [0.1, 0.15) is 11.1 Å². The fraction of sp³-hybridized carbons (Fsp3) is 0.118. The van der Waals surface area contributed by atoms with Crippen LogP contribution in [0.2, 0.25) is 0 Å². The average molecular weight is 327 g/mol. The Balaban J connectivity index is 1.81. The molecular formula is C17H17N3O2S. The number of aromatic nitrogens is 2. The molecule has 0 saturated heterocycles. The molecule has 5 nitrogen and oxygen atoms in total. The molecule has 0 bridgehead atoms. The molecule has 1 N–H and O–H groups in total. The molecule has 0 saturated carbocycles. The first-order chi connectivity index (χ1) is 11.0. The molecule has 0 unspecified atom stereocenters. The summed E-state index contributed by atoms with van der Waals surface area (Å²) in [5.74, 6) is -0.0499. The summed E-state index contributed by atoms with van der Waals surface area (Å²) < 4.78 is 29.1. The van der Waals surface area contributed by atoms with Crippen molar-refractivity contribution in [2.75, 3.05) is 4.72 Å². The van der Waals surface area contributed by atoms with E-state index in [1.54, 1.807) is 35.3 Å². The van der Waals surface area contributed by atoms with Gasteiger partial charge in [0, 0.05) is 12.4 Å². The Kier molecular flexibility index (Phi) is 4.16. The van der Waals surface area contributed by atoms with Crippen LogP contribution in [-0.4, -0.2) is 18.2 Å². The quantitative estimate of drug-likeness (QED) is 0.783. The number of nitrogens with zero attached hydrogens (tertiary/aromatic N) is 2. The van der Waals surface area contributed by atoms with Crippen molar-refractivity contribution < 1.29 is 8.42 Å². The molecule has 0 radical (unpaired) electrons. The number of aryl methyl sites for hydroxylation is 1. The van der Waals surface area contributed by atoms with Crippen LogP contribution in [0.15, 0.2) is 67.0 Å². The molecule has 3 rings (SSSR count). The predicted molar refractivity (Wildman–Crippen MR) is 91.0 cm³/mol. The van der Waals surface area contributed by atoms with Crippen molar-refractivity contribution in [3.63, 3.8) is 0 Å². The first kappa shape index (κ1) is 15.3. The third-order valence-electron chi connectivity index (χ3n) is 3.50. The van der Waals surface area contributed by atoms with E-state index in [4.69, 9.17) is 0 Å². The van der Waals surface area contributed by atoms with Crippen LogP contribution >= 0.6 is 0 Å². The Labute approximate surface area is 135 Å². The maximum atomic E-state index is 12.4. The largest absolute Gasteiger partial charge is 0.283 e. The van der Waals surface area contributed by atoms with Crippen LogP contribution in [-0.2, 0) is 15.8 Å². The monoisotopic (exact) mass is 327 g/mol. The van der Waals surface area contributed by atoms with Crippen molar-refractivity contribution >= 4 is 15.7 Å². The minimum absolute atomic E-state index is 0.0499. The van der Waals surface area contributed by atoms with E-state index < -0.39 is 10.0 Å². The maximum Gasteiger partial charge on any atom is 0.236 e. The molecule has 118 valence electrons. The number of sulfonamides is 1. The number of rotatable bonds is 5. The number of hydrogen-bond donors (Lipinski definition) is 1. The zero-order chi connectivity index (χ0) is 16.3. The van der Waals surface area contributed by atoms with Gasteiger partial charge in [0.15, 0.2) is 0 Å². The molecule has 0 atom stereocenters. The van der Waals surface area contributed by atoms with E-state index in [1.165, 1.54) is 0 Å². The Hall–Kier alpha value is -2.60. The minimum Gasteiger partial charge on any atom is -0.283 e. The molecule has 1 heterocycles. The second-order valence-electron chi connectivity index (χ2n) is 5.29. The van der Waals surface area contributed by atoms with Gasteiger partial charge in [-0.25, -0.2) is 13.1 Å². The van der Waals surface area contributed by atoms with Crippen LogP contribution in [0.5, 0.6) is 0 Å².